The SMILES string of the molecule is Cc1cccc(N(Cc2cc(F)cc(F)c2F)C(=O)OC2CN3CCC2CC3)c1. The van der Waals surface area contributed by atoms with Crippen LogP contribution >= 0.6 is 0 Å². The van der Waals surface area contributed by atoms with Crippen LogP contribution in [0.4, 0.5) is 23.7 Å². The number of halogens is 3. The van der Waals surface area contributed by atoms with Gasteiger partial charge in [0.15, 0.2) is 11.6 Å². The Morgan fingerprint density at radius 1 is 1.17 bits per heavy atom. The zero-order chi connectivity index (χ0) is 20.5. The first-order valence-electron chi connectivity index (χ1n) is 9.81. The molecule has 4 nitrogen and oxygen atoms in total. The number of carbonyl (C=O) groups is 1. The molecule has 154 valence electrons. The lowest BCUT2D eigenvalue weighted by atomic mass is 9.86. The lowest BCUT2D eigenvalue weighted by Crippen LogP contribution is -2.53. The predicted octanol–water partition coefficient (Wildman–Crippen LogP) is 4.65. The summed E-state index contributed by atoms with van der Waals surface area (Å²) in [5.74, 6) is -3.03. The molecule has 5 rings (SSSR count). The Morgan fingerprint density at radius 2 is 1.93 bits per heavy atom. The van der Waals surface area contributed by atoms with Crippen molar-refractivity contribution in [3.05, 3.63) is 65.0 Å². The number of rotatable bonds is 4. The van der Waals surface area contributed by atoms with E-state index in [1.165, 1.54) is 4.90 Å². The predicted molar refractivity (Wildman–Crippen MR) is 103 cm³/mol. The fourth-order valence-corrected chi connectivity index (χ4v) is 4.19. The van der Waals surface area contributed by atoms with Crippen molar-refractivity contribution in [3.63, 3.8) is 0 Å². The summed E-state index contributed by atoms with van der Waals surface area (Å²) in [5.41, 5.74) is 1.14. The molecule has 3 aliphatic rings. The molecule has 1 amide bonds. The number of hydrogen-bond acceptors (Lipinski definition) is 3. The van der Waals surface area contributed by atoms with E-state index >= 15 is 0 Å². The summed E-state index contributed by atoms with van der Waals surface area (Å²) < 4.78 is 47.4. The minimum absolute atomic E-state index is 0.230. The van der Waals surface area contributed by atoms with Crippen LogP contribution in [0.2, 0.25) is 0 Å². The Kier molecular flexibility index (Phi) is 5.50. The minimum atomic E-state index is -1.28. The molecule has 1 atom stereocenters. The minimum Gasteiger partial charge on any atom is -0.444 e. The molecule has 0 aromatic heterocycles. The summed E-state index contributed by atoms with van der Waals surface area (Å²) in [4.78, 5) is 16.6. The van der Waals surface area contributed by atoms with E-state index in [4.69, 9.17) is 4.74 Å². The van der Waals surface area contributed by atoms with E-state index in [2.05, 4.69) is 4.90 Å². The molecule has 0 aliphatic carbocycles. The first kappa shape index (κ1) is 19.8. The molecule has 3 saturated heterocycles. The maximum atomic E-state index is 14.3. The average molecular weight is 404 g/mol. The number of benzene rings is 2. The normalized spacial score (nSPS) is 23.1. The van der Waals surface area contributed by atoms with Crippen LogP contribution in [-0.2, 0) is 11.3 Å². The van der Waals surface area contributed by atoms with E-state index in [1.807, 2.05) is 13.0 Å². The van der Waals surface area contributed by atoms with Crippen molar-refractivity contribution in [1.82, 2.24) is 4.90 Å². The van der Waals surface area contributed by atoms with Crippen LogP contribution in [0, 0.1) is 30.3 Å². The van der Waals surface area contributed by atoms with Gasteiger partial charge < -0.3 is 4.74 Å². The van der Waals surface area contributed by atoms with E-state index in [0.717, 1.165) is 37.6 Å². The second-order valence-corrected chi connectivity index (χ2v) is 7.85. The fraction of sp³-hybridized carbons (Fsp3) is 0.409. The van der Waals surface area contributed by atoms with Gasteiger partial charge in [0.1, 0.15) is 11.9 Å². The average Bonchev–Trinajstić information content (AvgIpc) is 2.70. The van der Waals surface area contributed by atoms with Crippen LogP contribution < -0.4 is 4.90 Å². The lowest BCUT2D eigenvalue weighted by molar-refractivity contribution is -0.0311. The smallest absolute Gasteiger partial charge is 0.414 e. The maximum absolute atomic E-state index is 14.3. The zero-order valence-electron chi connectivity index (χ0n) is 16.2. The van der Waals surface area contributed by atoms with Crippen molar-refractivity contribution < 1.29 is 22.7 Å². The monoisotopic (exact) mass is 404 g/mol. The van der Waals surface area contributed by atoms with Gasteiger partial charge in [-0.25, -0.2) is 18.0 Å². The second kappa shape index (κ2) is 8.06. The first-order chi connectivity index (χ1) is 13.9. The van der Waals surface area contributed by atoms with Crippen LogP contribution in [0.25, 0.3) is 0 Å². The highest BCUT2D eigenvalue weighted by atomic mass is 19.2. The summed E-state index contributed by atoms with van der Waals surface area (Å²) in [6.45, 7) is 4.23. The standard InChI is InChI=1S/C22H23F3N2O2/c1-14-3-2-4-18(9-14)27(12-16-10-17(23)11-19(24)21(16)25)22(28)29-20-13-26-7-5-15(20)6-8-26/h2-4,9-11,15,20H,5-8,12-13H2,1H3. The molecule has 7 heteroatoms. The molecule has 3 fully saturated rings. The van der Waals surface area contributed by atoms with Crippen LogP contribution in [-0.4, -0.2) is 36.7 Å². The molecule has 2 aromatic rings. The summed E-state index contributed by atoms with van der Waals surface area (Å²) in [6, 6.07) is 8.47. The molecule has 3 aliphatic heterocycles. The van der Waals surface area contributed by atoms with Gasteiger partial charge in [-0.2, -0.15) is 0 Å². The topological polar surface area (TPSA) is 32.8 Å². The molecule has 0 saturated carbocycles. The Balaban J connectivity index is 1.61. The van der Waals surface area contributed by atoms with Gasteiger partial charge in [0.25, 0.3) is 0 Å². The van der Waals surface area contributed by atoms with Gasteiger partial charge in [-0.15, -0.1) is 0 Å². The fourth-order valence-electron chi connectivity index (χ4n) is 4.19. The number of nitrogens with zero attached hydrogens (tertiary/aromatic N) is 2. The highest BCUT2D eigenvalue weighted by Crippen LogP contribution is 2.31. The van der Waals surface area contributed by atoms with Gasteiger partial charge in [0.2, 0.25) is 0 Å². The molecule has 29 heavy (non-hydrogen) atoms. The van der Waals surface area contributed by atoms with Crippen molar-refractivity contribution in [3.8, 4) is 0 Å². The van der Waals surface area contributed by atoms with Gasteiger partial charge >= 0.3 is 6.09 Å². The van der Waals surface area contributed by atoms with E-state index < -0.39 is 23.5 Å². The third-order valence-corrected chi connectivity index (χ3v) is 5.78. The van der Waals surface area contributed by atoms with Gasteiger partial charge in [-0.1, -0.05) is 12.1 Å². The van der Waals surface area contributed by atoms with Crippen LogP contribution in [0.5, 0.6) is 0 Å². The lowest BCUT2D eigenvalue weighted by Gasteiger charge is -2.44. The third-order valence-electron chi connectivity index (χ3n) is 5.78. The Bertz CT molecular complexity index is 913. The highest BCUT2D eigenvalue weighted by Gasteiger charge is 2.37. The molecular formula is C22H23F3N2O2. The van der Waals surface area contributed by atoms with E-state index in [-0.39, 0.29) is 18.2 Å². The number of anilines is 1. The molecule has 2 aromatic carbocycles. The summed E-state index contributed by atoms with van der Waals surface area (Å²) in [7, 11) is 0. The Hall–Kier alpha value is -2.54. The van der Waals surface area contributed by atoms with Crippen LogP contribution in [0.3, 0.4) is 0 Å². The van der Waals surface area contributed by atoms with Gasteiger partial charge in [-0.3, -0.25) is 9.80 Å². The largest absolute Gasteiger partial charge is 0.444 e. The van der Waals surface area contributed by atoms with Crippen molar-refractivity contribution in [1.29, 1.82) is 0 Å². The van der Waals surface area contributed by atoms with Crippen molar-refractivity contribution >= 4 is 11.8 Å². The second-order valence-electron chi connectivity index (χ2n) is 7.85. The van der Waals surface area contributed by atoms with E-state index in [9.17, 15) is 18.0 Å². The van der Waals surface area contributed by atoms with Gasteiger partial charge in [-0.05, 0) is 62.5 Å². The quantitative estimate of drug-likeness (QED) is 0.696. The van der Waals surface area contributed by atoms with Gasteiger partial charge in [0, 0.05) is 23.9 Å². The molecule has 0 N–H and O–H groups in total. The van der Waals surface area contributed by atoms with Crippen molar-refractivity contribution in [2.45, 2.75) is 32.4 Å². The molecule has 1 unspecified atom stereocenters. The zero-order valence-corrected chi connectivity index (χ0v) is 16.2. The summed E-state index contributed by atoms with van der Waals surface area (Å²) in [6.07, 6.45) is 1.09. The number of hydrogen-bond donors (Lipinski definition) is 0. The summed E-state index contributed by atoms with van der Waals surface area (Å²) >= 11 is 0. The van der Waals surface area contributed by atoms with Crippen LogP contribution in [0.1, 0.15) is 24.0 Å². The number of ether oxygens (including phenoxy) is 1. The van der Waals surface area contributed by atoms with Gasteiger partial charge in [0.05, 0.1) is 6.54 Å². The molecular weight excluding hydrogens is 381 g/mol. The number of carbonyl (C=O) groups excluding carboxylic acids is 1. The molecule has 0 radical (unpaired) electrons. The van der Waals surface area contributed by atoms with Crippen LogP contribution in [0.15, 0.2) is 36.4 Å². The van der Waals surface area contributed by atoms with E-state index in [0.29, 0.717) is 24.2 Å². The van der Waals surface area contributed by atoms with E-state index in [1.54, 1.807) is 18.2 Å². The first-order valence-corrected chi connectivity index (χ1v) is 9.81. The number of aryl methyl sites for hydroxylation is 1. The third kappa shape index (κ3) is 4.24. The Labute approximate surface area is 167 Å². The number of amides is 1. The Morgan fingerprint density at radius 3 is 2.59 bits per heavy atom. The van der Waals surface area contributed by atoms with Crippen molar-refractivity contribution in [2.24, 2.45) is 5.92 Å². The number of piperidine rings is 3. The highest BCUT2D eigenvalue weighted by molar-refractivity contribution is 5.87. The molecule has 3 heterocycles. The number of fused-ring (bicyclic) bond motifs is 3. The molecule has 2 bridgehead atoms. The maximum Gasteiger partial charge on any atom is 0.414 e. The molecule has 0 spiro atoms. The summed E-state index contributed by atoms with van der Waals surface area (Å²) in [5, 5.41) is 0. The van der Waals surface area contributed by atoms with Crippen molar-refractivity contribution in [2.75, 3.05) is 24.5 Å².